The van der Waals surface area contributed by atoms with Crippen molar-refractivity contribution in [2.45, 2.75) is 31.7 Å². The number of nitrogens with zero attached hydrogens (tertiary/aromatic N) is 1. The van der Waals surface area contributed by atoms with Crippen molar-refractivity contribution in [1.82, 2.24) is 0 Å². The quantitative estimate of drug-likeness (QED) is 0.657. The highest BCUT2D eigenvalue weighted by molar-refractivity contribution is 5.48. The first-order chi connectivity index (χ1) is 9.04. The summed E-state index contributed by atoms with van der Waals surface area (Å²) in [5.41, 5.74) is -0.829. The van der Waals surface area contributed by atoms with E-state index in [4.69, 9.17) is 5.26 Å². The largest absolute Gasteiger partial charge is 0.376 e. The molecule has 1 N–H and O–H groups in total. The zero-order chi connectivity index (χ0) is 14.0. The summed E-state index contributed by atoms with van der Waals surface area (Å²) in [5, 5.41) is 11.4. The lowest BCUT2D eigenvalue weighted by molar-refractivity contribution is 0.382. The second-order valence-corrected chi connectivity index (χ2v) is 4.61. The Balaban J connectivity index is 2.30. The smallest absolute Gasteiger partial charge is 0.185 e. The molecule has 2 rings (SSSR count). The summed E-state index contributed by atoms with van der Waals surface area (Å²) in [5.74, 6) is -6.24. The second kappa shape index (κ2) is 5.47. The van der Waals surface area contributed by atoms with Crippen molar-refractivity contribution in [3.63, 3.8) is 0 Å². The topological polar surface area (TPSA) is 35.8 Å². The third kappa shape index (κ3) is 2.65. The molecule has 1 aliphatic rings. The summed E-state index contributed by atoms with van der Waals surface area (Å²) in [6.45, 7) is 0. The fraction of sp³-hybridized carbons (Fsp3) is 0.462. The van der Waals surface area contributed by atoms with Gasteiger partial charge in [0.2, 0.25) is 0 Å². The van der Waals surface area contributed by atoms with Gasteiger partial charge < -0.3 is 5.32 Å². The van der Waals surface area contributed by atoms with Gasteiger partial charge in [-0.05, 0) is 12.8 Å². The van der Waals surface area contributed by atoms with E-state index in [1.807, 2.05) is 6.07 Å². The van der Waals surface area contributed by atoms with Crippen LogP contribution < -0.4 is 5.32 Å². The molecule has 0 bridgehead atoms. The summed E-state index contributed by atoms with van der Waals surface area (Å²) in [7, 11) is 0. The molecule has 1 fully saturated rings. The number of hydrogen-bond donors (Lipinski definition) is 1. The molecular weight excluding hydrogens is 260 g/mol. The Hall–Kier alpha value is -1.77. The maximum Gasteiger partial charge on any atom is 0.185 e. The van der Waals surface area contributed by atoms with Crippen molar-refractivity contribution in [2.24, 2.45) is 5.92 Å². The molecule has 0 aliphatic heterocycles. The van der Waals surface area contributed by atoms with E-state index in [2.05, 4.69) is 5.32 Å². The van der Waals surface area contributed by atoms with Crippen LogP contribution in [0.3, 0.4) is 0 Å². The molecule has 2 unspecified atom stereocenters. The number of anilines is 1. The van der Waals surface area contributed by atoms with Gasteiger partial charge in [-0.1, -0.05) is 12.8 Å². The average molecular weight is 272 g/mol. The van der Waals surface area contributed by atoms with E-state index < -0.39 is 40.9 Å². The van der Waals surface area contributed by atoms with Crippen LogP contribution in [0.2, 0.25) is 0 Å². The highest BCUT2D eigenvalue weighted by atomic mass is 19.2. The summed E-state index contributed by atoms with van der Waals surface area (Å²) >= 11 is 0. The van der Waals surface area contributed by atoms with Gasteiger partial charge in [-0.15, -0.1) is 0 Å². The lowest BCUT2D eigenvalue weighted by atomic mass is 9.85. The van der Waals surface area contributed by atoms with Gasteiger partial charge in [0.25, 0.3) is 0 Å². The van der Waals surface area contributed by atoms with Crippen molar-refractivity contribution < 1.29 is 17.6 Å². The Bertz CT molecular complexity index is 498. The molecule has 6 heteroatoms. The Morgan fingerprint density at radius 2 is 1.63 bits per heavy atom. The van der Waals surface area contributed by atoms with Crippen LogP contribution in [-0.2, 0) is 0 Å². The van der Waals surface area contributed by atoms with Crippen LogP contribution in [-0.4, -0.2) is 6.04 Å². The molecule has 1 aromatic rings. The average Bonchev–Trinajstić information content (AvgIpc) is 2.42. The Morgan fingerprint density at radius 1 is 1.05 bits per heavy atom. The van der Waals surface area contributed by atoms with Crippen LogP contribution in [0.4, 0.5) is 23.2 Å². The van der Waals surface area contributed by atoms with Crippen molar-refractivity contribution in [3.8, 4) is 6.07 Å². The van der Waals surface area contributed by atoms with Gasteiger partial charge >= 0.3 is 0 Å². The van der Waals surface area contributed by atoms with Gasteiger partial charge in [0.1, 0.15) is 5.69 Å². The van der Waals surface area contributed by atoms with Crippen LogP contribution >= 0.6 is 0 Å². The summed E-state index contributed by atoms with van der Waals surface area (Å²) in [6.07, 6.45) is 2.81. The lowest BCUT2D eigenvalue weighted by Crippen LogP contribution is -2.32. The first kappa shape index (κ1) is 13.7. The summed E-state index contributed by atoms with van der Waals surface area (Å²) in [4.78, 5) is 0. The molecule has 0 spiro atoms. The molecule has 2 atom stereocenters. The van der Waals surface area contributed by atoms with Crippen LogP contribution in [0.1, 0.15) is 25.7 Å². The Labute approximate surface area is 108 Å². The van der Waals surface area contributed by atoms with E-state index in [0.29, 0.717) is 12.8 Å². The fourth-order valence-corrected chi connectivity index (χ4v) is 2.34. The molecular formula is C13H12F4N2. The van der Waals surface area contributed by atoms with Gasteiger partial charge in [0.05, 0.1) is 12.0 Å². The summed E-state index contributed by atoms with van der Waals surface area (Å²) < 4.78 is 53.1. The number of hydrogen-bond acceptors (Lipinski definition) is 2. The highest BCUT2D eigenvalue weighted by Gasteiger charge is 2.28. The van der Waals surface area contributed by atoms with Crippen LogP contribution in [0, 0.1) is 40.5 Å². The monoisotopic (exact) mass is 272 g/mol. The van der Waals surface area contributed by atoms with E-state index in [9.17, 15) is 17.6 Å². The zero-order valence-corrected chi connectivity index (χ0v) is 10.0. The molecule has 0 saturated heterocycles. The van der Waals surface area contributed by atoms with Crippen molar-refractivity contribution in [3.05, 3.63) is 29.3 Å². The highest BCUT2D eigenvalue weighted by Crippen LogP contribution is 2.30. The van der Waals surface area contributed by atoms with Crippen LogP contribution in [0.5, 0.6) is 0 Å². The molecule has 1 aromatic carbocycles. The third-order valence-electron chi connectivity index (χ3n) is 3.37. The molecule has 0 amide bonds. The minimum Gasteiger partial charge on any atom is -0.376 e. The predicted octanol–water partition coefficient (Wildman–Crippen LogP) is 3.74. The molecule has 0 heterocycles. The number of halogens is 4. The molecule has 2 nitrogen and oxygen atoms in total. The van der Waals surface area contributed by atoms with Crippen molar-refractivity contribution >= 4 is 5.69 Å². The van der Waals surface area contributed by atoms with E-state index >= 15 is 0 Å². The van der Waals surface area contributed by atoms with E-state index in [1.54, 1.807) is 0 Å². The molecule has 1 aliphatic carbocycles. The molecule has 19 heavy (non-hydrogen) atoms. The van der Waals surface area contributed by atoms with Crippen molar-refractivity contribution in [1.29, 1.82) is 5.26 Å². The van der Waals surface area contributed by atoms with Gasteiger partial charge in [-0.2, -0.15) is 5.26 Å². The number of rotatable bonds is 2. The lowest BCUT2D eigenvalue weighted by Gasteiger charge is -2.28. The minimum absolute atomic E-state index is 0.165. The van der Waals surface area contributed by atoms with E-state index in [-0.39, 0.29) is 6.07 Å². The Morgan fingerprint density at radius 3 is 2.21 bits per heavy atom. The molecule has 102 valence electrons. The van der Waals surface area contributed by atoms with Gasteiger partial charge in [-0.25, -0.2) is 17.6 Å². The third-order valence-corrected chi connectivity index (χ3v) is 3.37. The maximum atomic E-state index is 13.5. The second-order valence-electron chi connectivity index (χ2n) is 4.61. The summed E-state index contributed by atoms with van der Waals surface area (Å²) in [6, 6.07) is 1.72. The first-order valence-electron chi connectivity index (χ1n) is 6.03. The zero-order valence-electron chi connectivity index (χ0n) is 10.0. The van der Waals surface area contributed by atoms with E-state index in [0.717, 1.165) is 12.8 Å². The van der Waals surface area contributed by atoms with Crippen LogP contribution in [0.15, 0.2) is 6.07 Å². The van der Waals surface area contributed by atoms with Gasteiger partial charge in [0, 0.05) is 12.1 Å². The van der Waals surface area contributed by atoms with Crippen LogP contribution in [0.25, 0.3) is 0 Å². The molecule has 0 radical (unpaired) electrons. The van der Waals surface area contributed by atoms with E-state index in [1.165, 1.54) is 0 Å². The first-order valence-corrected chi connectivity index (χ1v) is 6.03. The number of benzene rings is 1. The predicted molar refractivity (Wildman–Crippen MR) is 61.3 cm³/mol. The standard InChI is InChI=1S/C13H12F4N2/c14-8-5-9(15)12(17)13(11(8)16)19-10-4-2-1-3-7(10)6-18/h5,7,10,19H,1-4H2. The van der Waals surface area contributed by atoms with Gasteiger partial charge in [-0.3, -0.25) is 0 Å². The minimum atomic E-state index is -1.46. The molecule has 0 aromatic heterocycles. The number of nitrogens with one attached hydrogen (secondary N) is 1. The maximum absolute atomic E-state index is 13.5. The molecule has 1 saturated carbocycles. The number of nitriles is 1. The Kier molecular flexibility index (Phi) is 3.93. The van der Waals surface area contributed by atoms with Crippen molar-refractivity contribution in [2.75, 3.05) is 5.32 Å². The fourth-order valence-electron chi connectivity index (χ4n) is 2.34. The normalized spacial score (nSPS) is 22.9. The van der Waals surface area contributed by atoms with Gasteiger partial charge in [0.15, 0.2) is 23.3 Å². The SMILES string of the molecule is N#CC1CCCCC1Nc1c(F)c(F)cc(F)c1F.